The first-order chi connectivity index (χ1) is 17.7. The van der Waals surface area contributed by atoms with E-state index in [1.54, 1.807) is 0 Å². The van der Waals surface area contributed by atoms with Gasteiger partial charge in [-0.15, -0.1) is 0 Å². The fraction of sp³-hybridized carbons (Fsp3) is 0.394. The van der Waals surface area contributed by atoms with Crippen LogP contribution in [0.3, 0.4) is 0 Å². The molecular weight excluding hydrogens is 456 g/mol. The van der Waals surface area contributed by atoms with Crippen molar-refractivity contribution < 1.29 is 9.59 Å². The monoisotopic (exact) mass is 502 g/mol. The fourth-order valence-corrected chi connectivity index (χ4v) is 3.33. The Morgan fingerprint density at radius 1 is 0.757 bits per heavy atom. The minimum atomic E-state index is -0.00120. The van der Waals surface area contributed by atoms with Crippen LogP contribution in [0.15, 0.2) is 72.8 Å². The maximum Gasteiger partial charge on any atom is 0.251 e. The minimum absolute atomic E-state index is 0.00120. The van der Waals surface area contributed by atoms with Crippen molar-refractivity contribution in [2.75, 3.05) is 0 Å². The van der Waals surface area contributed by atoms with E-state index in [1.165, 1.54) is 16.7 Å². The topological polar surface area (TPSA) is 58.2 Å². The molecule has 1 aliphatic carbocycles. The van der Waals surface area contributed by atoms with Crippen LogP contribution in [-0.2, 0) is 6.42 Å². The Hall–Kier alpha value is -3.40. The molecule has 0 spiro atoms. The standard InChI is InChI=1S/C12H15NO.C11H15NO.C8H10.C2H6/c1-2-9-3-5-10(6-4-9)12(14)13-11-7-8-11;1-8(2)12-11(13)10-6-4-5-9(3)7-10;1-7-4-3-5-8(2)6-7;1-2/h3-6,11H,2,7-8H2,1H3,(H,13,14);4-8H,1-3H3,(H,12,13);3-6H,1-2H3;1-2H3. The van der Waals surface area contributed by atoms with Crippen LogP contribution in [0.1, 0.15) is 90.4 Å². The second-order valence-electron chi connectivity index (χ2n) is 9.45. The van der Waals surface area contributed by atoms with Crippen LogP contribution < -0.4 is 10.6 Å². The molecule has 37 heavy (non-hydrogen) atoms. The van der Waals surface area contributed by atoms with E-state index in [0.717, 1.165) is 36.0 Å². The first-order valence-electron chi connectivity index (χ1n) is 13.5. The summed E-state index contributed by atoms with van der Waals surface area (Å²) in [5, 5.41) is 5.82. The molecule has 200 valence electrons. The van der Waals surface area contributed by atoms with Crippen molar-refractivity contribution in [1.82, 2.24) is 10.6 Å². The summed E-state index contributed by atoms with van der Waals surface area (Å²) in [7, 11) is 0. The van der Waals surface area contributed by atoms with Crippen LogP contribution >= 0.6 is 0 Å². The van der Waals surface area contributed by atoms with Gasteiger partial charge in [-0.3, -0.25) is 9.59 Å². The highest BCUT2D eigenvalue weighted by Gasteiger charge is 2.23. The summed E-state index contributed by atoms with van der Waals surface area (Å²) in [4.78, 5) is 23.1. The number of nitrogens with one attached hydrogen (secondary N) is 2. The van der Waals surface area contributed by atoms with Gasteiger partial charge >= 0.3 is 0 Å². The maximum atomic E-state index is 11.6. The summed E-state index contributed by atoms with van der Waals surface area (Å²) in [6.45, 7) is 16.2. The Morgan fingerprint density at radius 3 is 1.68 bits per heavy atom. The van der Waals surface area contributed by atoms with Crippen molar-refractivity contribution in [2.24, 2.45) is 0 Å². The first kappa shape index (κ1) is 31.6. The van der Waals surface area contributed by atoms with Crippen LogP contribution in [0, 0.1) is 20.8 Å². The molecule has 0 aromatic heterocycles. The number of rotatable bonds is 5. The molecular formula is C33H46N2O2. The summed E-state index contributed by atoms with van der Waals surface area (Å²) in [5.74, 6) is 0.0638. The lowest BCUT2D eigenvalue weighted by molar-refractivity contribution is 0.0937. The van der Waals surface area contributed by atoms with Crippen molar-refractivity contribution in [2.45, 2.75) is 86.7 Å². The van der Waals surface area contributed by atoms with Gasteiger partial charge in [0.05, 0.1) is 0 Å². The molecule has 1 fully saturated rings. The molecule has 0 radical (unpaired) electrons. The largest absolute Gasteiger partial charge is 0.350 e. The zero-order valence-corrected chi connectivity index (χ0v) is 24.0. The zero-order valence-electron chi connectivity index (χ0n) is 24.0. The quantitative estimate of drug-likeness (QED) is 0.377. The lowest BCUT2D eigenvalue weighted by Gasteiger charge is -2.08. The molecule has 3 aromatic carbocycles. The van der Waals surface area contributed by atoms with Gasteiger partial charge in [-0.25, -0.2) is 0 Å². The molecule has 3 aromatic rings. The molecule has 0 aliphatic heterocycles. The summed E-state index contributed by atoms with van der Waals surface area (Å²) in [6.07, 6.45) is 3.29. The van der Waals surface area contributed by atoms with Gasteiger partial charge in [0.25, 0.3) is 11.8 Å². The molecule has 0 atom stereocenters. The van der Waals surface area contributed by atoms with Gasteiger partial charge in [-0.1, -0.05) is 86.0 Å². The summed E-state index contributed by atoms with van der Waals surface area (Å²) >= 11 is 0. The van der Waals surface area contributed by atoms with Gasteiger partial charge in [-0.2, -0.15) is 0 Å². The van der Waals surface area contributed by atoms with Crippen molar-refractivity contribution >= 4 is 11.8 Å². The zero-order chi connectivity index (χ0) is 27.8. The van der Waals surface area contributed by atoms with Crippen molar-refractivity contribution in [3.63, 3.8) is 0 Å². The lowest BCUT2D eigenvalue weighted by Crippen LogP contribution is -2.30. The molecule has 1 saturated carbocycles. The molecule has 4 nitrogen and oxygen atoms in total. The van der Waals surface area contributed by atoms with E-state index in [-0.39, 0.29) is 17.9 Å². The number of hydrogen-bond donors (Lipinski definition) is 2. The van der Waals surface area contributed by atoms with Gasteiger partial charge in [0.15, 0.2) is 0 Å². The first-order valence-corrected chi connectivity index (χ1v) is 13.5. The van der Waals surface area contributed by atoms with E-state index >= 15 is 0 Å². The Bertz CT molecular complexity index is 1070. The molecule has 2 amide bonds. The number of aryl methyl sites for hydroxylation is 4. The second kappa shape index (κ2) is 17.1. The molecule has 4 heteroatoms. The fourth-order valence-electron chi connectivity index (χ4n) is 3.33. The number of carbonyl (C=O) groups excluding carboxylic acids is 2. The Balaban J connectivity index is 0.000000277. The predicted octanol–water partition coefficient (Wildman–Crippen LogP) is 7.60. The Labute approximate surface area is 224 Å². The molecule has 0 bridgehead atoms. The van der Waals surface area contributed by atoms with Crippen LogP contribution in [0.25, 0.3) is 0 Å². The third-order valence-corrected chi connectivity index (χ3v) is 5.41. The van der Waals surface area contributed by atoms with Crippen LogP contribution in [0.5, 0.6) is 0 Å². The smallest absolute Gasteiger partial charge is 0.251 e. The van der Waals surface area contributed by atoms with Gasteiger partial charge in [0.2, 0.25) is 0 Å². The maximum absolute atomic E-state index is 11.6. The normalized spacial score (nSPS) is 11.5. The summed E-state index contributed by atoms with van der Waals surface area (Å²) in [5.41, 5.74) is 6.56. The third kappa shape index (κ3) is 13.5. The molecule has 0 heterocycles. The highest BCUT2D eigenvalue weighted by atomic mass is 16.2. The van der Waals surface area contributed by atoms with E-state index in [0.29, 0.717) is 6.04 Å². The molecule has 0 unspecified atom stereocenters. The SMILES string of the molecule is CC.CCc1ccc(C(=O)NC2CC2)cc1.Cc1cccc(C(=O)NC(C)C)c1.Cc1cccc(C)c1. The van der Waals surface area contributed by atoms with E-state index in [2.05, 4.69) is 55.7 Å². The van der Waals surface area contributed by atoms with Gasteiger partial charge < -0.3 is 10.6 Å². The second-order valence-corrected chi connectivity index (χ2v) is 9.45. The average molecular weight is 503 g/mol. The van der Waals surface area contributed by atoms with E-state index in [4.69, 9.17) is 0 Å². The average Bonchev–Trinajstić information content (AvgIpc) is 3.69. The molecule has 1 aliphatic rings. The Morgan fingerprint density at radius 2 is 1.27 bits per heavy atom. The molecule has 2 N–H and O–H groups in total. The number of benzene rings is 3. The van der Waals surface area contributed by atoms with E-state index in [9.17, 15) is 9.59 Å². The molecule has 4 rings (SSSR count). The van der Waals surface area contributed by atoms with Crippen LogP contribution in [-0.4, -0.2) is 23.9 Å². The van der Waals surface area contributed by atoms with Crippen molar-refractivity contribution in [3.05, 3.63) is 106 Å². The van der Waals surface area contributed by atoms with E-state index < -0.39 is 0 Å². The number of carbonyl (C=O) groups is 2. The molecule has 0 saturated heterocycles. The predicted molar refractivity (Wildman–Crippen MR) is 157 cm³/mol. The summed E-state index contributed by atoms with van der Waals surface area (Å²) in [6, 6.07) is 24.5. The highest BCUT2D eigenvalue weighted by Crippen LogP contribution is 2.19. The highest BCUT2D eigenvalue weighted by molar-refractivity contribution is 5.95. The van der Waals surface area contributed by atoms with Gasteiger partial charge in [0, 0.05) is 23.2 Å². The van der Waals surface area contributed by atoms with Crippen molar-refractivity contribution in [1.29, 1.82) is 0 Å². The van der Waals surface area contributed by atoms with Gasteiger partial charge in [-0.05, 0) is 83.7 Å². The Kier molecular flexibility index (Phi) is 14.6. The van der Waals surface area contributed by atoms with E-state index in [1.807, 2.05) is 83.1 Å². The number of amides is 2. The van der Waals surface area contributed by atoms with Crippen molar-refractivity contribution in [3.8, 4) is 0 Å². The summed E-state index contributed by atoms with van der Waals surface area (Å²) < 4.78 is 0. The van der Waals surface area contributed by atoms with Crippen LogP contribution in [0.4, 0.5) is 0 Å². The van der Waals surface area contributed by atoms with Gasteiger partial charge in [0.1, 0.15) is 0 Å². The third-order valence-electron chi connectivity index (χ3n) is 5.41. The number of hydrogen-bond acceptors (Lipinski definition) is 2. The minimum Gasteiger partial charge on any atom is -0.350 e. The lowest BCUT2D eigenvalue weighted by atomic mass is 10.1. The van der Waals surface area contributed by atoms with Crippen LogP contribution in [0.2, 0.25) is 0 Å².